The molecule has 2 aromatic carbocycles. The summed E-state index contributed by atoms with van der Waals surface area (Å²) in [5.41, 5.74) is 2.23. The van der Waals surface area contributed by atoms with Crippen molar-refractivity contribution in [2.45, 2.75) is 12.5 Å². The Labute approximate surface area is 139 Å². The molecule has 0 bridgehead atoms. The van der Waals surface area contributed by atoms with Crippen LogP contribution >= 0.6 is 43.5 Å². The predicted molar refractivity (Wildman–Crippen MR) is 89.9 cm³/mol. The first-order valence-electron chi connectivity index (χ1n) is 6.26. The monoisotopic (exact) mass is 415 g/mol. The Bertz CT molecular complexity index is 648. The molecule has 3 rings (SSSR count). The molecule has 2 nitrogen and oxygen atoms in total. The van der Waals surface area contributed by atoms with Crippen LogP contribution in [0.3, 0.4) is 0 Å². The van der Waals surface area contributed by atoms with Crippen molar-refractivity contribution in [1.82, 2.24) is 0 Å². The highest BCUT2D eigenvalue weighted by molar-refractivity contribution is 9.11. The Morgan fingerprint density at radius 3 is 2.95 bits per heavy atom. The predicted octanol–water partition coefficient (Wildman–Crippen LogP) is 5.28. The fraction of sp³-hybridized carbons (Fsp3) is 0.200. The summed E-state index contributed by atoms with van der Waals surface area (Å²) in [5.74, 6) is 0.977. The van der Waals surface area contributed by atoms with Gasteiger partial charge in [0, 0.05) is 10.9 Å². The van der Waals surface area contributed by atoms with Crippen molar-refractivity contribution in [3.63, 3.8) is 0 Å². The minimum absolute atomic E-state index is 0.144. The molecule has 0 aliphatic carbocycles. The molecule has 0 amide bonds. The summed E-state index contributed by atoms with van der Waals surface area (Å²) < 4.78 is 7.90. The Morgan fingerprint density at radius 1 is 1.25 bits per heavy atom. The van der Waals surface area contributed by atoms with E-state index >= 15 is 0 Å². The van der Waals surface area contributed by atoms with Gasteiger partial charge in [0.1, 0.15) is 11.9 Å². The molecular weight excluding hydrogens is 405 g/mol. The summed E-state index contributed by atoms with van der Waals surface area (Å²) in [4.78, 5) is 0. The molecule has 1 N–H and O–H groups in total. The molecule has 1 aliphatic heterocycles. The van der Waals surface area contributed by atoms with Gasteiger partial charge in [-0.25, -0.2) is 0 Å². The first kappa shape index (κ1) is 14.2. The fourth-order valence-electron chi connectivity index (χ4n) is 2.27. The van der Waals surface area contributed by atoms with E-state index < -0.39 is 0 Å². The van der Waals surface area contributed by atoms with Gasteiger partial charge in [0.25, 0.3) is 0 Å². The maximum atomic E-state index is 6.08. The van der Waals surface area contributed by atoms with Crippen LogP contribution in [0.4, 0.5) is 5.69 Å². The molecule has 0 radical (unpaired) electrons. The highest BCUT2D eigenvalue weighted by atomic mass is 79.9. The Hall–Kier alpha value is -0.710. The fourth-order valence-corrected chi connectivity index (χ4v) is 3.25. The van der Waals surface area contributed by atoms with Gasteiger partial charge in [-0.1, -0.05) is 33.6 Å². The Kier molecular flexibility index (Phi) is 4.24. The van der Waals surface area contributed by atoms with Gasteiger partial charge < -0.3 is 10.1 Å². The van der Waals surface area contributed by atoms with Crippen LogP contribution in [0.25, 0.3) is 0 Å². The van der Waals surface area contributed by atoms with Gasteiger partial charge in [0.15, 0.2) is 0 Å². The summed E-state index contributed by atoms with van der Waals surface area (Å²) in [6.45, 7) is 0.741. The standard InChI is InChI=1S/C15H12Br2ClNO/c16-10-4-5-14-9(6-10)7-11(20-14)8-19-13-3-1-2-12(18)15(13)17/h1-6,11,19H,7-8H2. The number of benzene rings is 2. The van der Waals surface area contributed by atoms with Crippen LogP contribution in [0.5, 0.6) is 5.75 Å². The number of fused-ring (bicyclic) bond motifs is 1. The van der Waals surface area contributed by atoms with Crippen LogP contribution < -0.4 is 10.1 Å². The molecular formula is C15H12Br2ClNO. The van der Waals surface area contributed by atoms with Gasteiger partial charge in [-0.05, 0) is 51.8 Å². The molecule has 0 fully saturated rings. The number of nitrogens with one attached hydrogen (secondary N) is 1. The van der Waals surface area contributed by atoms with Crippen molar-refractivity contribution in [3.8, 4) is 5.75 Å². The second-order valence-corrected chi connectivity index (χ2v) is 6.79. The van der Waals surface area contributed by atoms with Crippen molar-refractivity contribution >= 4 is 49.1 Å². The van der Waals surface area contributed by atoms with Gasteiger partial charge >= 0.3 is 0 Å². The second-order valence-electron chi connectivity index (χ2n) is 4.68. The molecule has 20 heavy (non-hydrogen) atoms. The number of hydrogen-bond donors (Lipinski definition) is 1. The molecule has 104 valence electrons. The third-order valence-electron chi connectivity index (χ3n) is 3.24. The van der Waals surface area contributed by atoms with Crippen molar-refractivity contribution in [1.29, 1.82) is 0 Å². The van der Waals surface area contributed by atoms with Gasteiger partial charge in [-0.2, -0.15) is 0 Å². The largest absolute Gasteiger partial charge is 0.488 e. The summed E-state index contributed by atoms with van der Waals surface area (Å²) in [6.07, 6.45) is 1.06. The van der Waals surface area contributed by atoms with Gasteiger partial charge in [0.05, 0.1) is 21.7 Å². The summed E-state index contributed by atoms with van der Waals surface area (Å²) in [5, 5.41) is 4.08. The van der Waals surface area contributed by atoms with Gasteiger partial charge in [0.2, 0.25) is 0 Å². The lowest BCUT2D eigenvalue weighted by Gasteiger charge is -2.14. The molecule has 2 aromatic rings. The summed E-state index contributed by atoms with van der Waals surface area (Å²) in [6, 6.07) is 11.9. The maximum Gasteiger partial charge on any atom is 0.123 e. The van der Waals surface area contributed by atoms with Crippen LogP contribution in [0.2, 0.25) is 5.02 Å². The van der Waals surface area contributed by atoms with E-state index in [-0.39, 0.29) is 6.10 Å². The third kappa shape index (κ3) is 2.97. The van der Waals surface area contributed by atoms with E-state index in [1.54, 1.807) is 0 Å². The smallest absolute Gasteiger partial charge is 0.123 e. The van der Waals surface area contributed by atoms with Crippen molar-refractivity contribution in [2.75, 3.05) is 11.9 Å². The highest BCUT2D eigenvalue weighted by Crippen LogP contribution is 2.33. The minimum atomic E-state index is 0.144. The van der Waals surface area contributed by atoms with E-state index in [1.807, 2.05) is 30.3 Å². The third-order valence-corrected chi connectivity index (χ3v) is 5.13. The number of hydrogen-bond acceptors (Lipinski definition) is 2. The lowest BCUT2D eigenvalue weighted by Crippen LogP contribution is -2.24. The molecule has 0 spiro atoms. The number of anilines is 1. The first-order valence-corrected chi connectivity index (χ1v) is 8.23. The van der Waals surface area contributed by atoms with E-state index in [4.69, 9.17) is 16.3 Å². The quantitative estimate of drug-likeness (QED) is 0.734. The molecule has 1 heterocycles. The molecule has 0 saturated heterocycles. The number of ether oxygens (including phenoxy) is 1. The van der Waals surface area contributed by atoms with E-state index in [0.29, 0.717) is 5.02 Å². The van der Waals surface area contributed by atoms with Crippen molar-refractivity contribution in [3.05, 3.63) is 55.9 Å². The number of rotatable bonds is 3. The van der Waals surface area contributed by atoms with Crippen LogP contribution in [-0.2, 0) is 6.42 Å². The average molecular weight is 418 g/mol. The van der Waals surface area contributed by atoms with Crippen molar-refractivity contribution in [2.24, 2.45) is 0 Å². The Morgan fingerprint density at radius 2 is 2.10 bits per heavy atom. The van der Waals surface area contributed by atoms with Crippen LogP contribution in [-0.4, -0.2) is 12.6 Å². The lowest BCUT2D eigenvalue weighted by molar-refractivity contribution is 0.246. The molecule has 1 unspecified atom stereocenters. The van der Waals surface area contributed by atoms with Crippen LogP contribution in [0.1, 0.15) is 5.56 Å². The molecule has 0 saturated carbocycles. The SMILES string of the molecule is Clc1cccc(NCC2Cc3cc(Br)ccc3O2)c1Br. The average Bonchev–Trinajstić information content (AvgIpc) is 2.82. The zero-order chi connectivity index (χ0) is 14.1. The summed E-state index contributed by atoms with van der Waals surface area (Å²) >= 11 is 13.0. The van der Waals surface area contributed by atoms with Crippen LogP contribution in [0, 0.1) is 0 Å². The van der Waals surface area contributed by atoms with E-state index in [9.17, 15) is 0 Å². The Balaban J connectivity index is 1.65. The first-order chi connectivity index (χ1) is 9.63. The van der Waals surface area contributed by atoms with Crippen LogP contribution in [0.15, 0.2) is 45.3 Å². The minimum Gasteiger partial charge on any atom is -0.488 e. The molecule has 0 aromatic heterocycles. The molecule has 1 atom stereocenters. The number of halogens is 3. The lowest BCUT2D eigenvalue weighted by atomic mass is 10.1. The zero-order valence-corrected chi connectivity index (χ0v) is 14.4. The normalized spacial score (nSPS) is 16.6. The van der Waals surface area contributed by atoms with Gasteiger partial charge in [-0.3, -0.25) is 0 Å². The maximum absolute atomic E-state index is 6.08. The van der Waals surface area contributed by atoms with Gasteiger partial charge in [-0.15, -0.1) is 0 Å². The van der Waals surface area contributed by atoms with E-state index in [1.165, 1.54) is 5.56 Å². The van der Waals surface area contributed by atoms with Crippen molar-refractivity contribution < 1.29 is 4.74 Å². The topological polar surface area (TPSA) is 21.3 Å². The molecule has 1 aliphatic rings. The van der Waals surface area contributed by atoms with E-state index in [2.05, 4.69) is 43.2 Å². The second kappa shape index (κ2) is 5.96. The van der Waals surface area contributed by atoms with E-state index in [0.717, 1.165) is 33.3 Å². The summed E-state index contributed by atoms with van der Waals surface area (Å²) in [7, 11) is 0. The highest BCUT2D eigenvalue weighted by Gasteiger charge is 2.22. The molecule has 5 heteroatoms. The zero-order valence-electron chi connectivity index (χ0n) is 10.5.